The van der Waals surface area contributed by atoms with Crippen LogP contribution in [0.2, 0.25) is 0 Å². The van der Waals surface area contributed by atoms with Crippen molar-refractivity contribution in [3.8, 4) is 11.1 Å². The van der Waals surface area contributed by atoms with E-state index in [1.54, 1.807) is 50.9 Å². The number of aromatic amines is 1. The summed E-state index contributed by atoms with van der Waals surface area (Å²) in [5.41, 5.74) is 3.12. The molecule has 0 unspecified atom stereocenters. The fraction of sp³-hybridized carbons (Fsp3) is 0.190. The summed E-state index contributed by atoms with van der Waals surface area (Å²) < 4.78 is 12.1. The van der Waals surface area contributed by atoms with E-state index in [4.69, 9.17) is 9.15 Å². The Balaban J connectivity index is 1.62. The lowest BCUT2D eigenvalue weighted by Gasteiger charge is -2.16. The van der Waals surface area contributed by atoms with E-state index >= 15 is 0 Å². The Morgan fingerprint density at radius 2 is 2.14 bits per heavy atom. The Hall–Kier alpha value is -3.65. The molecule has 0 aliphatic rings. The topological polar surface area (TPSA) is 102 Å². The van der Waals surface area contributed by atoms with Crippen LogP contribution in [-0.4, -0.2) is 34.2 Å². The molecule has 0 fully saturated rings. The Morgan fingerprint density at radius 3 is 2.90 bits per heavy atom. The number of furan rings is 1. The summed E-state index contributed by atoms with van der Waals surface area (Å²) in [4.78, 5) is 31.6. The van der Waals surface area contributed by atoms with E-state index in [1.807, 2.05) is 18.2 Å². The highest BCUT2D eigenvalue weighted by Crippen LogP contribution is 2.23. The minimum absolute atomic E-state index is 0.222. The second-order valence-electron chi connectivity index (χ2n) is 6.66. The van der Waals surface area contributed by atoms with Gasteiger partial charge in [0.2, 0.25) is 0 Å². The third-order valence-electron chi connectivity index (χ3n) is 4.74. The second-order valence-corrected chi connectivity index (χ2v) is 6.66. The van der Waals surface area contributed by atoms with E-state index in [0.29, 0.717) is 29.1 Å². The number of benzene rings is 1. The Kier molecular flexibility index (Phi) is 5.01. The number of aryl methyl sites for hydroxylation is 1. The van der Waals surface area contributed by atoms with Crippen molar-refractivity contribution in [2.45, 2.75) is 6.04 Å². The van der Waals surface area contributed by atoms with Gasteiger partial charge in [0.05, 0.1) is 18.4 Å². The number of methoxy groups -OCH3 is 1. The number of hydrogen-bond acceptors (Lipinski definition) is 5. The lowest BCUT2D eigenvalue weighted by molar-refractivity contribution is 0.0883. The minimum atomic E-state index is -0.390. The molecule has 3 heterocycles. The van der Waals surface area contributed by atoms with E-state index in [1.165, 1.54) is 4.57 Å². The standard InChI is InChI=1S/C21H20N4O4/c1-25-17-10-15(11-22-19(17)24-21(25)27)13-5-3-6-14(9-13)20(26)23-16(12-28-2)18-7-4-8-29-18/h3-11,16H,12H2,1-2H3,(H,23,26)(H,22,24,27)/t16-/m1/s1. The number of carbonyl (C=O) groups is 1. The summed E-state index contributed by atoms with van der Waals surface area (Å²) in [6.07, 6.45) is 3.23. The number of hydrogen-bond donors (Lipinski definition) is 2. The molecule has 0 aliphatic heterocycles. The molecule has 29 heavy (non-hydrogen) atoms. The number of H-pyrrole nitrogens is 1. The van der Waals surface area contributed by atoms with E-state index in [2.05, 4.69) is 15.3 Å². The molecule has 0 saturated carbocycles. The Morgan fingerprint density at radius 1 is 1.28 bits per heavy atom. The van der Waals surface area contributed by atoms with Gasteiger partial charge in [-0.25, -0.2) is 9.78 Å². The number of imidazole rings is 1. The number of fused-ring (bicyclic) bond motifs is 1. The van der Waals surface area contributed by atoms with Crippen LogP contribution in [0.4, 0.5) is 0 Å². The number of rotatable bonds is 6. The van der Waals surface area contributed by atoms with Crippen LogP contribution in [0.5, 0.6) is 0 Å². The highest BCUT2D eigenvalue weighted by atomic mass is 16.5. The first-order chi connectivity index (χ1) is 14.1. The first kappa shape index (κ1) is 18.7. The monoisotopic (exact) mass is 392 g/mol. The summed E-state index contributed by atoms with van der Waals surface area (Å²) >= 11 is 0. The zero-order valence-electron chi connectivity index (χ0n) is 16.0. The maximum atomic E-state index is 12.8. The largest absolute Gasteiger partial charge is 0.467 e. The van der Waals surface area contributed by atoms with Crippen LogP contribution in [0.25, 0.3) is 22.3 Å². The van der Waals surface area contributed by atoms with Gasteiger partial charge in [-0.3, -0.25) is 14.3 Å². The van der Waals surface area contributed by atoms with E-state index in [0.717, 1.165) is 11.1 Å². The van der Waals surface area contributed by atoms with Crippen LogP contribution in [0, 0.1) is 0 Å². The van der Waals surface area contributed by atoms with E-state index in [9.17, 15) is 9.59 Å². The van der Waals surface area contributed by atoms with Crippen LogP contribution >= 0.6 is 0 Å². The number of pyridine rings is 1. The summed E-state index contributed by atoms with van der Waals surface area (Å²) in [5.74, 6) is 0.382. The van der Waals surface area contributed by atoms with Gasteiger partial charge < -0.3 is 14.5 Å². The van der Waals surface area contributed by atoms with Gasteiger partial charge in [0.15, 0.2) is 5.65 Å². The molecule has 0 bridgehead atoms. The van der Waals surface area contributed by atoms with Gasteiger partial charge in [-0.2, -0.15) is 0 Å². The highest BCUT2D eigenvalue weighted by molar-refractivity contribution is 5.96. The number of amides is 1. The van der Waals surface area contributed by atoms with Gasteiger partial charge in [0.1, 0.15) is 11.8 Å². The molecule has 4 rings (SSSR count). The number of nitrogens with zero attached hydrogens (tertiary/aromatic N) is 2. The van der Waals surface area contributed by atoms with Crippen molar-refractivity contribution >= 4 is 17.1 Å². The minimum Gasteiger partial charge on any atom is -0.467 e. The first-order valence-corrected chi connectivity index (χ1v) is 9.05. The highest BCUT2D eigenvalue weighted by Gasteiger charge is 2.18. The molecule has 1 amide bonds. The molecule has 0 spiro atoms. The fourth-order valence-electron chi connectivity index (χ4n) is 3.19. The number of aromatic nitrogens is 3. The third-order valence-corrected chi connectivity index (χ3v) is 4.74. The van der Waals surface area contributed by atoms with Crippen LogP contribution in [-0.2, 0) is 11.8 Å². The maximum absolute atomic E-state index is 12.8. The van der Waals surface area contributed by atoms with Gasteiger partial charge >= 0.3 is 5.69 Å². The third kappa shape index (κ3) is 3.70. The molecule has 8 heteroatoms. The van der Waals surface area contributed by atoms with Crippen molar-refractivity contribution in [3.63, 3.8) is 0 Å². The first-order valence-electron chi connectivity index (χ1n) is 9.05. The normalized spacial score (nSPS) is 12.2. The Labute approximate surface area is 166 Å². The molecular formula is C21H20N4O4. The van der Waals surface area contributed by atoms with Crippen molar-refractivity contribution in [2.75, 3.05) is 13.7 Å². The van der Waals surface area contributed by atoms with E-state index < -0.39 is 6.04 Å². The predicted octanol–water partition coefficient (Wildman–Crippen LogP) is 2.64. The van der Waals surface area contributed by atoms with Crippen molar-refractivity contribution in [3.05, 3.63) is 76.7 Å². The quantitative estimate of drug-likeness (QED) is 0.525. The molecule has 8 nitrogen and oxygen atoms in total. The van der Waals surface area contributed by atoms with Crippen molar-refractivity contribution in [1.82, 2.24) is 19.9 Å². The summed E-state index contributed by atoms with van der Waals surface area (Å²) in [6.45, 7) is 0.293. The van der Waals surface area contributed by atoms with Gasteiger partial charge in [0.25, 0.3) is 5.91 Å². The smallest absolute Gasteiger partial charge is 0.327 e. The molecular weight excluding hydrogens is 372 g/mol. The van der Waals surface area contributed by atoms with Gasteiger partial charge in [-0.1, -0.05) is 12.1 Å². The van der Waals surface area contributed by atoms with Crippen LogP contribution in [0.15, 0.2) is 64.1 Å². The number of ether oxygens (including phenoxy) is 1. The zero-order valence-corrected chi connectivity index (χ0v) is 16.0. The fourth-order valence-corrected chi connectivity index (χ4v) is 3.19. The molecule has 148 valence electrons. The number of carbonyl (C=O) groups excluding carboxylic acids is 1. The lowest BCUT2D eigenvalue weighted by Crippen LogP contribution is -2.31. The SMILES string of the molecule is COC[C@@H](NC(=O)c1cccc(-c2cnc3[nH]c(=O)n(C)c3c2)c1)c1ccco1. The van der Waals surface area contributed by atoms with Crippen molar-refractivity contribution < 1.29 is 13.9 Å². The number of nitrogens with one attached hydrogen (secondary N) is 2. The van der Waals surface area contributed by atoms with Crippen molar-refractivity contribution in [1.29, 1.82) is 0 Å². The summed E-state index contributed by atoms with van der Waals surface area (Å²) in [6, 6.07) is 12.3. The van der Waals surface area contributed by atoms with Crippen molar-refractivity contribution in [2.24, 2.45) is 7.05 Å². The van der Waals surface area contributed by atoms with Gasteiger partial charge in [-0.15, -0.1) is 0 Å². The molecule has 1 aromatic carbocycles. The van der Waals surface area contributed by atoms with Crippen LogP contribution < -0.4 is 11.0 Å². The maximum Gasteiger partial charge on any atom is 0.327 e. The molecule has 4 aromatic rings. The summed E-state index contributed by atoms with van der Waals surface area (Å²) in [7, 11) is 3.25. The predicted molar refractivity (Wildman–Crippen MR) is 108 cm³/mol. The zero-order chi connectivity index (χ0) is 20.4. The molecule has 0 radical (unpaired) electrons. The molecule has 1 atom stereocenters. The van der Waals surface area contributed by atoms with Crippen LogP contribution in [0.3, 0.4) is 0 Å². The van der Waals surface area contributed by atoms with Gasteiger partial charge in [-0.05, 0) is 35.9 Å². The van der Waals surface area contributed by atoms with Crippen LogP contribution in [0.1, 0.15) is 22.2 Å². The molecule has 3 aromatic heterocycles. The molecule has 0 aliphatic carbocycles. The lowest BCUT2D eigenvalue weighted by atomic mass is 10.0. The molecule has 0 saturated heterocycles. The van der Waals surface area contributed by atoms with Gasteiger partial charge in [0, 0.05) is 31.5 Å². The second kappa shape index (κ2) is 7.76. The van der Waals surface area contributed by atoms with E-state index in [-0.39, 0.29) is 11.6 Å². The summed E-state index contributed by atoms with van der Waals surface area (Å²) in [5, 5.41) is 2.93. The average molecular weight is 392 g/mol. The Bertz CT molecular complexity index is 1210. The average Bonchev–Trinajstić information content (AvgIpc) is 3.36. The molecule has 2 N–H and O–H groups in total.